The molecule has 4 rings (SSSR count). The van der Waals surface area contributed by atoms with Gasteiger partial charge >= 0.3 is 0 Å². The van der Waals surface area contributed by atoms with Crippen LogP contribution in [0.15, 0.2) is 24.3 Å². The lowest BCUT2D eigenvalue weighted by Crippen LogP contribution is -2.49. The number of rotatable bonds is 9. The molecule has 3 fully saturated rings. The van der Waals surface area contributed by atoms with Gasteiger partial charge in [-0.15, -0.1) is 0 Å². The van der Waals surface area contributed by atoms with Gasteiger partial charge in [0.05, 0.1) is 19.8 Å². The molecule has 0 amide bonds. The van der Waals surface area contributed by atoms with Crippen molar-refractivity contribution in [3.63, 3.8) is 0 Å². The van der Waals surface area contributed by atoms with Gasteiger partial charge in [0.15, 0.2) is 0 Å². The monoisotopic (exact) mass is 388 g/mol. The Kier molecular flexibility index (Phi) is 6.76. The van der Waals surface area contributed by atoms with E-state index in [-0.39, 0.29) is 6.10 Å². The first kappa shape index (κ1) is 20.0. The van der Waals surface area contributed by atoms with E-state index in [1.54, 1.807) is 7.11 Å². The van der Waals surface area contributed by atoms with E-state index in [9.17, 15) is 5.11 Å². The lowest BCUT2D eigenvalue weighted by molar-refractivity contribution is 0.0100. The van der Waals surface area contributed by atoms with Crippen LogP contribution in [0.4, 0.5) is 5.69 Å². The second kappa shape index (κ2) is 9.47. The second-order valence-corrected chi connectivity index (χ2v) is 8.94. The maximum absolute atomic E-state index is 10.3. The highest BCUT2D eigenvalue weighted by atomic mass is 16.5. The van der Waals surface area contributed by atoms with Crippen molar-refractivity contribution in [3.8, 4) is 5.75 Å². The number of hydrogen-bond acceptors (Lipinski definition) is 5. The van der Waals surface area contributed by atoms with E-state index in [2.05, 4.69) is 21.9 Å². The number of benzene rings is 1. The summed E-state index contributed by atoms with van der Waals surface area (Å²) in [5, 5.41) is 10.3. The van der Waals surface area contributed by atoms with Crippen molar-refractivity contribution < 1.29 is 14.6 Å². The van der Waals surface area contributed by atoms with Gasteiger partial charge in [0.1, 0.15) is 5.75 Å². The molecule has 156 valence electrons. The van der Waals surface area contributed by atoms with Crippen LogP contribution in [-0.4, -0.2) is 69.2 Å². The molecule has 2 saturated carbocycles. The van der Waals surface area contributed by atoms with E-state index >= 15 is 0 Å². The molecule has 28 heavy (non-hydrogen) atoms. The Morgan fingerprint density at radius 2 is 1.86 bits per heavy atom. The number of anilines is 1. The number of methoxy groups -OCH3 is 1. The molecule has 1 aromatic carbocycles. The van der Waals surface area contributed by atoms with E-state index in [0.717, 1.165) is 56.3 Å². The van der Waals surface area contributed by atoms with Crippen molar-refractivity contribution in [2.45, 2.75) is 38.2 Å². The molecule has 5 heteroatoms. The number of aliphatic hydroxyl groups excluding tert-OH is 1. The van der Waals surface area contributed by atoms with Crippen molar-refractivity contribution in [1.82, 2.24) is 4.90 Å². The Labute approximate surface area is 169 Å². The van der Waals surface area contributed by atoms with Crippen molar-refractivity contribution in [1.29, 1.82) is 0 Å². The third-order valence-electron chi connectivity index (χ3n) is 7.11. The zero-order chi connectivity index (χ0) is 19.3. The van der Waals surface area contributed by atoms with Gasteiger partial charge in [0, 0.05) is 45.0 Å². The van der Waals surface area contributed by atoms with Crippen LogP contribution in [0.25, 0.3) is 0 Å². The minimum atomic E-state index is -0.382. The van der Waals surface area contributed by atoms with Crippen LogP contribution >= 0.6 is 0 Å². The van der Waals surface area contributed by atoms with Crippen LogP contribution in [0.2, 0.25) is 0 Å². The molecule has 3 aliphatic rings. The first-order valence-electron chi connectivity index (χ1n) is 11.1. The number of aliphatic hydroxyl groups is 1. The molecular formula is C23H36N2O3. The average Bonchev–Trinajstić information content (AvgIpc) is 3.35. The molecule has 4 atom stereocenters. The highest BCUT2D eigenvalue weighted by Gasteiger charge is 2.38. The van der Waals surface area contributed by atoms with Gasteiger partial charge in [-0.25, -0.2) is 0 Å². The van der Waals surface area contributed by atoms with Gasteiger partial charge in [-0.2, -0.15) is 0 Å². The lowest BCUT2D eigenvalue weighted by Gasteiger charge is -2.37. The Morgan fingerprint density at radius 1 is 1.07 bits per heavy atom. The van der Waals surface area contributed by atoms with E-state index in [0.29, 0.717) is 13.2 Å². The Balaban J connectivity index is 1.10. The van der Waals surface area contributed by atoms with E-state index in [1.165, 1.54) is 37.8 Å². The predicted octanol–water partition coefficient (Wildman–Crippen LogP) is 3.02. The molecule has 1 aromatic rings. The molecular weight excluding hydrogens is 352 g/mol. The molecule has 1 N–H and O–H groups in total. The van der Waals surface area contributed by atoms with Crippen LogP contribution in [0.3, 0.4) is 0 Å². The minimum Gasteiger partial charge on any atom is -0.497 e. The number of ether oxygens (including phenoxy) is 2. The zero-order valence-electron chi connectivity index (χ0n) is 17.3. The molecule has 0 aromatic heterocycles. The summed E-state index contributed by atoms with van der Waals surface area (Å²) in [5.41, 5.74) is 1.24. The molecule has 0 radical (unpaired) electrons. The van der Waals surface area contributed by atoms with Crippen LogP contribution in [0.1, 0.15) is 32.1 Å². The SMILES string of the molecule is COc1ccc(N2CCN(C[C@@H](O)COCC[C@H]3C[C@@H]4CC[C@@H]3C4)CC2)cc1. The maximum Gasteiger partial charge on any atom is 0.119 e. The number of fused-ring (bicyclic) bond motifs is 2. The van der Waals surface area contributed by atoms with E-state index in [1.807, 2.05) is 12.1 Å². The lowest BCUT2D eigenvalue weighted by atomic mass is 9.87. The van der Waals surface area contributed by atoms with Crippen LogP contribution in [-0.2, 0) is 4.74 Å². The zero-order valence-corrected chi connectivity index (χ0v) is 17.3. The van der Waals surface area contributed by atoms with Crippen molar-refractivity contribution >= 4 is 5.69 Å². The molecule has 0 spiro atoms. The summed E-state index contributed by atoms with van der Waals surface area (Å²) in [7, 11) is 1.70. The van der Waals surface area contributed by atoms with Crippen molar-refractivity contribution in [3.05, 3.63) is 24.3 Å². The van der Waals surface area contributed by atoms with E-state index in [4.69, 9.17) is 9.47 Å². The largest absolute Gasteiger partial charge is 0.497 e. The predicted molar refractivity (Wildman–Crippen MR) is 112 cm³/mol. The summed E-state index contributed by atoms with van der Waals surface area (Å²) in [5.74, 6) is 3.77. The fourth-order valence-electron chi connectivity index (χ4n) is 5.52. The Morgan fingerprint density at radius 3 is 2.50 bits per heavy atom. The molecule has 1 saturated heterocycles. The standard InChI is InChI=1S/C23H36N2O3/c1-27-23-6-4-21(5-7-23)25-11-9-24(10-12-25)16-22(26)17-28-13-8-20-15-18-2-3-19(20)14-18/h4-7,18-20,22,26H,2-3,8-17H2,1H3/t18-,19-,20+,22-/m1/s1. The molecule has 2 aliphatic carbocycles. The normalized spacial score (nSPS) is 28.6. The Hall–Kier alpha value is -1.30. The first-order valence-corrected chi connectivity index (χ1v) is 11.1. The highest BCUT2D eigenvalue weighted by Crippen LogP contribution is 2.49. The second-order valence-electron chi connectivity index (χ2n) is 8.94. The average molecular weight is 389 g/mol. The summed E-state index contributed by atoms with van der Waals surface area (Å²) in [4.78, 5) is 4.75. The Bertz CT molecular complexity index is 600. The molecule has 2 bridgehead atoms. The number of nitrogens with zero attached hydrogens (tertiary/aromatic N) is 2. The molecule has 0 unspecified atom stereocenters. The highest BCUT2D eigenvalue weighted by molar-refractivity contribution is 5.49. The molecule has 1 aliphatic heterocycles. The summed E-state index contributed by atoms with van der Waals surface area (Å²) in [6.07, 6.45) is 6.61. The van der Waals surface area contributed by atoms with Gasteiger partial charge < -0.3 is 19.5 Å². The summed E-state index contributed by atoms with van der Waals surface area (Å²) in [6.45, 7) is 5.94. The summed E-state index contributed by atoms with van der Waals surface area (Å²) >= 11 is 0. The quantitative estimate of drug-likeness (QED) is 0.659. The fraction of sp³-hybridized carbons (Fsp3) is 0.739. The number of hydrogen-bond donors (Lipinski definition) is 1. The number of piperazine rings is 1. The third-order valence-corrected chi connectivity index (χ3v) is 7.11. The smallest absolute Gasteiger partial charge is 0.119 e. The van der Waals surface area contributed by atoms with Crippen molar-refractivity contribution in [2.75, 3.05) is 57.9 Å². The fourth-order valence-corrected chi connectivity index (χ4v) is 5.52. The topological polar surface area (TPSA) is 45.2 Å². The molecule has 5 nitrogen and oxygen atoms in total. The van der Waals surface area contributed by atoms with Gasteiger partial charge in [-0.1, -0.05) is 6.42 Å². The first-order chi connectivity index (χ1) is 13.7. The van der Waals surface area contributed by atoms with Crippen molar-refractivity contribution in [2.24, 2.45) is 17.8 Å². The maximum atomic E-state index is 10.3. The van der Waals surface area contributed by atoms with Crippen LogP contribution < -0.4 is 9.64 Å². The third kappa shape index (κ3) is 5.00. The van der Waals surface area contributed by atoms with Gasteiger partial charge in [-0.3, -0.25) is 4.90 Å². The van der Waals surface area contributed by atoms with Crippen LogP contribution in [0.5, 0.6) is 5.75 Å². The van der Waals surface area contributed by atoms with Crippen LogP contribution in [0, 0.1) is 17.8 Å². The molecule has 1 heterocycles. The minimum absolute atomic E-state index is 0.382. The van der Waals surface area contributed by atoms with Gasteiger partial charge in [-0.05, 0) is 67.7 Å². The van der Waals surface area contributed by atoms with Gasteiger partial charge in [0.25, 0.3) is 0 Å². The number of β-amino-alcohol motifs (C(OH)–C–C–N with tert-alkyl or cyclic N) is 1. The van der Waals surface area contributed by atoms with Gasteiger partial charge in [0.2, 0.25) is 0 Å². The summed E-state index contributed by atoms with van der Waals surface area (Å²) in [6, 6.07) is 8.26. The summed E-state index contributed by atoms with van der Waals surface area (Å²) < 4.78 is 11.1. The van der Waals surface area contributed by atoms with E-state index < -0.39 is 0 Å².